The van der Waals surface area contributed by atoms with Crippen LogP contribution in [0.25, 0.3) is 0 Å². The molecule has 2 aromatic rings. The van der Waals surface area contributed by atoms with Crippen molar-refractivity contribution in [3.8, 4) is 0 Å². The van der Waals surface area contributed by atoms with E-state index < -0.39 is 10.0 Å². The van der Waals surface area contributed by atoms with Crippen molar-refractivity contribution in [3.05, 3.63) is 60.7 Å². The van der Waals surface area contributed by atoms with Crippen LogP contribution in [0.4, 0.5) is 0 Å². The van der Waals surface area contributed by atoms with Crippen LogP contribution < -0.4 is 5.32 Å². The van der Waals surface area contributed by atoms with Crippen molar-refractivity contribution in [2.45, 2.75) is 34.8 Å². The van der Waals surface area contributed by atoms with Crippen molar-refractivity contribution in [2.75, 3.05) is 18.6 Å². The average molecular weight is 315 g/mol. The first-order valence-electron chi connectivity index (χ1n) is 7.98. The molecular weight excluding hydrogens is 290 g/mol. The van der Waals surface area contributed by atoms with Gasteiger partial charge in [0.2, 0.25) is 0 Å². The third kappa shape index (κ3) is 3.22. The van der Waals surface area contributed by atoms with Gasteiger partial charge in [0.15, 0.2) is 0 Å². The number of aliphatic hydroxyl groups is 1. The third-order valence-corrected chi connectivity index (χ3v) is 8.23. The van der Waals surface area contributed by atoms with E-state index in [1.54, 1.807) is 0 Å². The van der Waals surface area contributed by atoms with E-state index in [1.807, 2.05) is 0 Å². The number of nitrogens with one attached hydrogen (secondary N) is 1. The summed E-state index contributed by atoms with van der Waals surface area (Å²) in [5.74, 6) is 0.818. The van der Waals surface area contributed by atoms with E-state index >= 15 is 0 Å². The van der Waals surface area contributed by atoms with Gasteiger partial charge in [-0.25, -0.2) is 0 Å². The quantitative estimate of drug-likeness (QED) is 0.883. The second-order valence-electron chi connectivity index (χ2n) is 6.15. The van der Waals surface area contributed by atoms with Crippen molar-refractivity contribution in [3.63, 3.8) is 0 Å². The van der Waals surface area contributed by atoms with E-state index in [2.05, 4.69) is 72.2 Å². The Hall–Kier alpha value is -1.29. The minimum absolute atomic E-state index is 0.249. The molecule has 0 saturated carbocycles. The Kier molecular flexibility index (Phi) is 4.87. The lowest BCUT2D eigenvalue weighted by Crippen LogP contribution is -2.38. The van der Waals surface area contributed by atoms with E-state index in [4.69, 9.17) is 0 Å². The van der Waals surface area contributed by atoms with Gasteiger partial charge in [-0.3, -0.25) is 0 Å². The molecule has 22 heavy (non-hydrogen) atoms. The smallest absolute Gasteiger partial charge is 0.0774 e. The van der Waals surface area contributed by atoms with E-state index in [1.165, 1.54) is 16.2 Å². The zero-order valence-electron chi connectivity index (χ0n) is 13.1. The molecule has 2 atom stereocenters. The lowest BCUT2D eigenvalue weighted by Gasteiger charge is -2.40. The molecule has 1 saturated heterocycles. The number of hydrogen-bond donors (Lipinski definition) is 2. The predicted molar refractivity (Wildman–Crippen MR) is 94.8 cm³/mol. The van der Waals surface area contributed by atoms with Crippen LogP contribution >= 0.6 is 10.0 Å². The van der Waals surface area contributed by atoms with Crippen LogP contribution in [0.1, 0.15) is 12.8 Å². The van der Waals surface area contributed by atoms with Gasteiger partial charge in [-0.15, -0.1) is 0 Å². The molecule has 2 aromatic carbocycles. The fourth-order valence-electron chi connectivity index (χ4n) is 3.27. The van der Waals surface area contributed by atoms with Gasteiger partial charge in [-0.1, -0.05) is 36.4 Å². The highest BCUT2D eigenvalue weighted by Crippen LogP contribution is 2.59. The zero-order valence-corrected chi connectivity index (χ0v) is 13.9. The van der Waals surface area contributed by atoms with Crippen LogP contribution in [0.5, 0.6) is 0 Å². The minimum Gasteiger partial charge on any atom is -0.391 e. The van der Waals surface area contributed by atoms with Gasteiger partial charge in [-0.2, -0.15) is 10.0 Å². The number of hydrogen-bond acceptors (Lipinski definition) is 2. The molecule has 0 aromatic heterocycles. The normalized spacial score (nSPS) is 20.7. The Morgan fingerprint density at radius 3 is 2.05 bits per heavy atom. The Bertz CT molecular complexity index is 541. The number of benzene rings is 2. The van der Waals surface area contributed by atoms with Crippen molar-refractivity contribution in [1.29, 1.82) is 0 Å². The third-order valence-electron chi connectivity index (χ3n) is 4.59. The molecule has 2 nitrogen and oxygen atoms in total. The molecule has 1 fully saturated rings. The number of aliphatic hydroxyl groups excluding tert-OH is 1. The highest BCUT2D eigenvalue weighted by molar-refractivity contribution is 8.33. The summed E-state index contributed by atoms with van der Waals surface area (Å²) < 4.78 is 0. The summed E-state index contributed by atoms with van der Waals surface area (Å²) in [5, 5.41) is 14.2. The Labute approximate surface area is 134 Å². The van der Waals surface area contributed by atoms with Crippen molar-refractivity contribution < 1.29 is 5.11 Å². The molecule has 118 valence electrons. The van der Waals surface area contributed by atoms with Gasteiger partial charge in [0.1, 0.15) is 0 Å². The maximum Gasteiger partial charge on any atom is 0.0774 e. The topological polar surface area (TPSA) is 32.3 Å². The molecule has 0 bridgehead atoms. The van der Waals surface area contributed by atoms with E-state index in [9.17, 15) is 5.11 Å². The molecule has 0 spiro atoms. The highest BCUT2D eigenvalue weighted by Gasteiger charge is 2.31. The van der Waals surface area contributed by atoms with E-state index in [0.29, 0.717) is 0 Å². The SMILES string of the molecule is CS(C[C@H](O)[C@@H]1CCCN1)(c1ccccc1)c1ccccc1. The molecule has 0 radical (unpaired) electrons. The molecule has 1 aliphatic heterocycles. The largest absolute Gasteiger partial charge is 0.391 e. The van der Waals surface area contributed by atoms with Gasteiger partial charge >= 0.3 is 0 Å². The molecule has 1 aliphatic rings. The first-order chi connectivity index (χ1) is 10.7. The average Bonchev–Trinajstić information content (AvgIpc) is 3.11. The second kappa shape index (κ2) is 6.86. The first kappa shape index (κ1) is 15.6. The van der Waals surface area contributed by atoms with Crippen LogP contribution in [0.2, 0.25) is 0 Å². The first-order valence-corrected chi connectivity index (χ1v) is 10.2. The predicted octanol–water partition coefficient (Wildman–Crippen LogP) is 3.65. The van der Waals surface area contributed by atoms with Crippen molar-refractivity contribution >= 4 is 10.0 Å². The van der Waals surface area contributed by atoms with Crippen LogP contribution in [0, 0.1) is 0 Å². The molecule has 0 aliphatic carbocycles. The Balaban J connectivity index is 1.93. The fourth-order valence-corrected chi connectivity index (χ4v) is 6.36. The summed E-state index contributed by atoms with van der Waals surface area (Å²) in [5.41, 5.74) is 0. The lowest BCUT2D eigenvalue weighted by molar-refractivity contribution is 0.158. The zero-order chi connectivity index (χ0) is 15.4. The van der Waals surface area contributed by atoms with Crippen molar-refractivity contribution in [2.24, 2.45) is 0 Å². The van der Waals surface area contributed by atoms with Gasteiger partial charge in [0.05, 0.1) is 6.10 Å². The van der Waals surface area contributed by atoms with Crippen LogP contribution in [0.3, 0.4) is 0 Å². The minimum atomic E-state index is -1.22. The summed E-state index contributed by atoms with van der Waals surface area (Å²) >= 11 is 0. The molecule has 3 heteroatoms. The molecule has 1 heterocycles. The Morgan fingerprint density at radius 2 is 1.59 bits per heavy atom. The fraction of sp³-hybridized carbons (Fsp3) is 0.368. The Morgan fingerprint density at radius 1 is 1.05 bits per heavy atom. The second-order valence-corrected chi connectivity index (χ2v) is 9.60. The summed E-state index contributed by atoms with van der Waals surface area (Å²) in [7, 11) is -1.22. The highest BCUT2D eigenvalue weighted by atomic mass is 32.3. The van der Waals surface area contributed by atoms with Crippen LogP contribution in [0.15, 0.2) is 70.5 Å². The van der Waals surface area contributed by atoms with E-state index in [-0.39, 0.29) is 12.1 Å². The monoisotopic (exact) mass is 315 g/mol. The van der Waals surface area contributed by atoms with Crippen LogP contribution in [-0.2, 0) is 0 Å². The summed E-state index contributed by atoms with van der Waals surface area (Å²) in [6.45, 7) is 1.03. The standard InChI is InChI=1S/C19H25NOS/c1-22(16-9-4-2-5-10-16,17-11-6-3-7-12-17)15-19(21)18-13-8-14-20-18/h2-7,9-12,18-21H,8,13-15H2,1H3/t18-,19-/m0/s1. The van der Waals surface area contributed by atoms with Crippen LogP contribution in [-0.4, -0.2) is 35.8 Å². The molecule has 0 unspecified atom stereocenters. The summed E-state index contributed by atoms with van der Waals surface area (Å²) in [6, 6.07) is 21.6. The van der Waals surface area contributed by atoms with Crippen molar-refractivity contribution in [1.82, 2.24) is 5.32 Å². The van der Waals surface area contributed by atoms with E-state index in [0.717, 1.165) is 18.7 Å². The van der Waals surface area contributed by atoms with Gasteiger partial charge in [-0.05, 0) is 59.7 Å². The summed E-state index contributed by atoms with van der Waals surface area (Å²) in [4.78, 5) is 2.69. The lowest BCUT2D eigenvalue weighted by atomic mass is 10.1. The molecular formula is C19H25NOS. The maximum absolute atomic E-state index is 10.8. The summed E-state index contributed by atoms with van der Waals surface area (Å²) in [6.07, 6.45) is 4.29. The number of rotatable bonds is 5. The van der Waals surface area contributed by atoms with Gasteiger partial charge < -0.3 is 10.4 Å². The molecule has 0 amide bonds. The maximum atomic E-state index is 10.8. The van der Waals surface area contributed by atoms with Gasteiger partial charge in [0.25, 0.3) is 0 Å². The molecule has 2 N–H and O–H groups in total. The van der Waals surface area contributed by atoms with Gasteiger partial charge in [0, 0.05) is 11.8 Å². The molecule has 3 rings (SSSR count).